The molecule has 0 saturated heterocycles. The van der Waals surface area contributed by atoms with Gasteiger partial charge in [-0.05, 0) is 43.2 Å². The Morgan fingerprint density at radius 3 is 2.61 bits per heavy atom. The molecule has 0 radical (unpaired) electrons. The molecule has 1 N–H and O–H groups in total. The van der Waals surface area contributed by atoms with E-state index < -0.39 is 0 Å². The molecule has 116 valence electrons. The zero-order valence-corrected chi connectivity index (χ0v) is 14.2. The van der Waals surface area contributed by atoms with Crippen molar-refractivity contribution >= 4 is 34.0 Å². The largest absolute Gasteiger partial charge is 0.296 e. The quantitative estimate of drug-likeness (QED) is 0.748. The SMILES string of the molecule is Cc1ccc(C(=O)Nc2nnc(-c3ccccc3Cl)s2)cc1C. The predicted molar refractivity (Wildman–Crippen MR) is 94.2 cm³/mol. The second-order valence-corrected chi connectivity index (χ2v) is 6.53. The van der Waals surface area contributed by atoms with E-state index in [0.717, 1.165) is 16.7 Å². The molecule has 0 aliphatic carbocycles. The lowest BCUT2D eigenvalue weighted by Crippen LogP contribution is -2.12. The van der Waals surface area contributed by atoms with Crippen LogP contribution in [0.4, 0.5) is 5.13 Å². The van der Waals surface area contributed by atoms with E-state index in [4.69, 9.17) is 11.6 Å². The zero-order valence-electron chi connectivity index (χ0n) is 12.6. The summed E-state index contributed by atoms with van der Waals surface area (Å²) in [5.41, 5.74) is 3.63. The molecule has 0 bridgehead atoms. The van der Waals surface area contributed by atoms with Crippen molar-refractivity contribution in [2.24, 2.45) is 0 Å². The molecule has 0 aliphatic heterocycles. The number of anilines is 1. The second kappa shape index (κ2) is 6.48. The van der Waals surface area contributed by atoms with Crippen molar-refractivity contribution in [2.75, 3.05) is 5.32 Å². The second-order valence-electron chi connectivity index (χ2n) is 5.15. The van der Waals surface area contributed by atoms with E-state index >= 15 is 0 Å². The molecule has 23 heavy (non-hydrogen) atoms. The summed E-state index contributed by atoms with van der Waals surface area (Å²) in [5.74, 6) is -0.199. The monoisotopic (exact) mass is 343 g/mol. The number of rotatable bonds is 3. The topological polar surface area (TPSA) is 54.9 Å². The number of hydrogen-bond donors (Lipinski definition) is 1. The number of aromatic nitrogens is 2. The van der Waals surface area contributed by atoms with Crippen LogP contribution in [0.25, 0.3) is 10.6 Å². The highest BCUT2D eigenvalue weighted by atomic mass is 35.5. The lowest BCUT2D eigenvalue weighted by atomic mass is 10.1. The Balaban J connectivity index is 1.80. The van der Waals surface area contributed by atoms with E-state index in [9.17, 15) is 4.79 Å². The van der Waals surface area contributed by atoms with Crippen LogP contribution >= 0.6 is 22.9 Å². The van der Waals surface area contributed by atoms with E-state index in [1.807, 2.05) is 44.2 Å². The zero-order chi connectivity index (χ0) is 16.4. The number of carbonyl (C=O) groups is 1. The first-order valence-corrected chi connectivity index (χ1v) is 8.21. The molecule has 0 fully saturated rings. The van der Waals surface area contributed by atoms with Crippen molar-refractivity contribution in [2.45, 2.75) is 13.8 Å². The number of carbonyl (C=O) groups excluding carboxylic acids is 1. The number of amides is 1. The molecule has 1 heterocycles. The first-order chi connectivity index (χ1) is 11.0. The predicted octanol–water partition coefficient (Wildman–Crippen LogP) is 4.73. The number of nitrogens with zero attached hydrogens (tertiary/aromatic N) is 2. The fraction of sp³-hybridized carbons (Fsp3) is 0.118. The summed E-state index contributed by atoms with van der Waals surface area (Å²) >= 11 is 7.45. The van der Waals surface area contributed by atoms with Crippen LogP contribution in [0.15, 0.2) is 42.5 Å². The number of benzene rings is 2. The Bertz CT molecular complexity index is 876. The van der Waals surface area contributed by atoms with Crippen molar-refractivity contribution < 1.29 is 4.79 Å². The average molecular weight is 344 g/mol. The summed E-state index contributed by atoms with van der Waals surface area (Å²) in [7, 11) is 0. The first kappa shape index (κ1) is 15.6. The smallest absolute Gasteiger partial charge is 0.257 e. The standard InChI is InChI=1S/C17H14ClN3OS/c1-10-7-8-12(9-11(10)2)15(22)19-17-21-20-16(23-17)13-5-3-4-6-14(13)18/h3-9H,1-2H3,(H,19,21,22). The summed E-state index contributed by atoms with van der Waals surface area (Å²) in [4.78, 5) is 12.3. The van der Waals surface area contributed by atoms with Crippen molar-refractivity contribution in [3.8, 4) is 10.6 Å². The van der Waals surface area contributed by atoms with Gasteiger partial charge < -0.3 is 0 Å². The van der Waals surface area contributed by atoms with Crippen molar-refractivity contribution in [3.63, 3.8) is 0 Å². The fourth-order valence-electron chi connectivity index (χ4n) is 2.07. The van der Waals surface area contributed by atoms with Gasteiger partial charge in [-0.1, -0.05) is 47.2 Å². The van der Waals surface area contributed by atoms with Gasteiger partial charge in [0, 0.05) is 11.1 Å². The third kappa shape index (κ3) is 3.41. The molecular formula is C17H14ClN3OS. The van der Waals surface area contributed by atoms with Gasteiger partial charge in [0.05, 0.1) is 5.02 Å². The van der Waals surface area contributed by atoms with Crippen molar-refractivity contribution in [3.05, 3.63) is 64.2 Å². The highest BCUT2D eigenvalue weighted by molar-refractivity contribution is 7.18. The van der Waals surface area contributed by atoms with Gasteiger partial charge in [0.15, 0.2) is 5.01 Å². The van der Waals surface area contributed by atoms with Gasteiger partial charge in [-0.3, -0.25) is 10.1 Å². The average Bonchev–Trinajstić information content (AvgIpc) is 2.98. The maximum Gasteiger partial charge on any atom is 0.257 e. The highest BCUT2D eigenvalue weighted by Crippen LogP contribution is 2.31. The summed E-state index contributed by atoms with van der Waals surface area (Å²) in [6, 6.07) is 13.0. The molecule has 0 atom stereocenters. The van der Waals surface area contributed by atoms with Gasteiger partial charge in [-0.15, -0.1) is 10.2 Å². The fourth-order valence-corrected chi connectivity index (χ4v) is 3.13. The Morgan fingerprint density at radius 2 is 1.87 bits per heavy atom. The molecule has 0 aliphatic rings. The molecular weight excluding hydrogens is 330 g/mol. The van der Waals surface area contributed by atoms with Crippen LogP contribution in [-0.2, 0) is 0 Å². The molecule has 2 aromatic carbocycles. The number of halogens is 1. The van der Waals surface area contributed by atoms with E-state index in [1.165, 1.54) is 11.3 Å². The van der Waals surface area contributed by atoms with E-state index in [0.29, 0.717) is 20.7 Å². The third-order valence-electron chi connectivity index (χ3n) is 3.52. The van der Waals surface area contributed by atoms with E-state index in [-0.39, 0.29) is 5.91 Å². The van der Waals surface area contributed by atoms with Crippen LogP contribution in [0, 0.1) is 13.8 Å². The van der Waals surface area contributed by atoms with Crippen LogP contribution in [-0.4, -0.2) is 16.1 Å². The summed E-state index contributed by atoms with van der Waals surface area (Å²) < 4.78 is 0. The molecule has 0 spiro atoms. The Labute approximate surface area is 143 Å². The maximum absolute atomic E-state index is 12.3. The Morgan fingerprint density at radius 1 is 1.09 bits per heavy atom. The molecule has 0 unspecified atom stereocenters. The lowest BCUT2D eigenvalue weighted by Gasteiger charge is -2.04. The van der Waals surface area contributed by atoms with Gasteiger partial charge in [-0.25, -0.2) is 0 Å². The van der Waals surface area contributed by atoms with Crippen molar-refractivity contribution in [1.29, 1.82) is 0 Å². The highest BCUT2D eigenvalue weighted by Gasteiger charge is 2.13. The van der Waals surface area contributed by atoms with E-state index in [1.54, 1.807) is 12.1 Å². The Hall–Kier alpha value is -2.24. The van der Waals surface area contributed by atoms with Crippen molar-refractivity contribution in [1.82, 2.24) is 10.2 Å². The van der Waals surface area contributed by atoms with Crippen LogP contribution < -0.4 is 5.32 Å². The summed E-state index contributed by atoms with van der Waals surface area (Å²) in [5, 5.41) is 12.6. The van der Waals surface area contributed by atoms with Crippen LogP contribution in [0.5, 0.6) is 0 Å². The van der Waals surface area contributed by atoms with Crippen LogP contribution in [0.3, 0.4) is 0 Å². The number of aryl methyl sites for hydroxylation is 2. The lowest BCUT2D eigenvalue weighted by molar-refractivity contribution is 0.102. The molecule has 3 rings (SSSR count). The molecule has 4 nitrogen and oxygen atoms in total. The minimum Gasteiger partial charge on any atom is -0.296 e. The molecule has 1 aromatic heterocycles. The Kier molecular flexibility index (Phi) is 4.41. The van der Waals surface area contributed by atoms with Gasteiger partial charge >= 0.3 is 0 Å². The first-order valence-electron chi connectivity index (χ1n) is 7.01. The number of hydrogen-bond acceptors (Lipinski definition) is 4. The molecule has 0 saturated carbocycles. The minimum atomic E-state index is -0.199. The molecule has 6 heteroatoms. The third-order valence-corrected chi connectivity index (χ3v) is 4.72. The normalized spacial score (nSPS) is 10.6. The summed E-state index contributed by atoms with van der Waals surface area (Å²) in [6.07, 6.45) is 0. The van der Waals surface area contributed by atoms with Crippen LogP contribution in [0.2, 0.25) is 5.02 Å². The number of nitrogens with one attached hydrogen (secondary N) is 1. The van der Waals surface area contributed by atoms with Crippen LogP contribution in [0.1, 0.15) is 21.5 Å². The minimum absolute atomic E-state index is 0.199. The van der Waals surface area contributed by atoms with E-state index in [2.05, 4.69) is 15.5 Å². The summed E-state index contributed by atoms with van der Waals surface area (Å²) in [6.45, 7) is 3.99. The molecule has 1 amide bonds. The maximum atomic E-state index is 12.3. The van der Waals surface area contributed by atoms with Gasteiger partial charge in [0.1, 0.15) is 0 Å². The molecule has 3 aromatic rings. The van der Waals surface area contributed by atoms with Gasteiger partial charge in [-0.2, -0.15) is 0 Å². The van der Waals surface area contributed by atoms with Gasteiger partial charge in [0.25, 0.3) is 5.91 Å². The van der Waals surface area contributed by atoms with Gasteiger partial charge in [0.2, 0.25) is 5.13 Å².